The second-order valence-corrected chi connectivity index (χ2v) is 7.06. The topological polar surface area (TPSA) is 82.0 Å². The molecular weight excluding hydrogens is 306 g/mol. The summed E-state index contributed by atoms with van der Waals surface area (Å²) in [6, 6.07) is 10.5. The molecule has 110 valence electrons. The molecule has 0 saturated heterocycles. The Morgan fingerprint density at radius 1 is 1.29 bits per heavy atom. The van der Waals surface area contributed by atoms with E-state index in [1.807, 2.05) is 11.4 Å². The molecular formula is C14H15N3O2S2. The van der Waals surface area contributed by atoms with Crippen LogP contribution in [0.4, 0.5) is 5.69 Å². The third-order valence-electron chi connectivity index (χ3n) is 2.75. The number of benzene rings is 1. The highest BCUT2D eigenvalue weighted by Gasteiger charge is 2.11. The lowest BCUT2D eigenvalue weighted by molar-refractivity contribution is 0.584. The van der Waals surface area contributed by atoms with Gasteiger partial charge in [-0.2, -0.15) is 5.26 Å². The van der Waals surface area contributed by atoms with Gasteiger partial charge in [0.05, 0.1) is 10.5 Å². The van der Waals surface area contributed by atoms with Crippen LogP contribution in [0.3, 0.4) is 0 Å². The fourth-order valence-corrected chi connectivity index (χ4v) is 3.54. The summed E-state index contributed by atoms with van der Waals surface area (Å²) < 4.78 is 26.0. The van der Waals surface area contributed by atoms with Crippen LogP contribution in [0, 0.1) is 11.3 Å². The summed E-state index contributed by atoms with van der Waals surface area (Å²) in [6.07, 6.45) is 0. The molecule has 0 aliphatic heterocycles. The molecule has 2 N–H and O–H groups in total. The minimum absolute atomic E-state index is 0.248. The summed E-state index contributed by atoms with van der Waals surface area (Å²) >= 11 is 1.52. The van der Waals surface area contributed by atoms with Crippen LogP contribution in [0.5, 0.6) is 0 Å². The van der Waals surface area contributed by atoms with E-state index in [0.29, 0.717) is 18.7 Å². The standard InChI is InChI=1S/C14H15N3O2S2/c1-2-17-21(18,19)14-5-3-12(4-6-14)16-9-13-7-11(8-15)10-20-13/h3-7,10,16-17H,2,9H2,1H3. The van der Waals surface area contributed by atoms with E-state index < -0.39 is 10.0 Å². The highest BCUT2D eigenvalue weighted by atomic mass is 32.2. The fourth-order valence-electron chi connectivity index (χ4n) is 1.75. The van der Waals surface area contributed by atoms with E-state index in [9.17, 15) is 8.42 Å². The van der Waals surface area contributed by atoms with Crippen LogP contribution in [0.2, 0.25) is 0 Å². The van der Waals surface area contributed by atoms with Crippen LogP contribution in [0.15, 0.2) is 40.6 Å². The van der Waals surface area contributed by atoms with Gasteiger partial charge in [-0.3, -0.25) is 0 Å². The Bertz CT molecular complexity index is 743. The number of nitrogens with one attached hydrogen (secondary N) is 2. The summed E-state index contributed by atoms with van der Waals surface area (Å²) in [4.78, 5) is 1.30. The third kappa shape index (κ3) is 4.04. The number of sulfonamides is 1. The van der Waals surface area contributed by atoms with Gasteiger partial charge in [0.25, 0.3) is 0 Å². The molecule has 0 atom stereocenters. The largest absolute Gasteiger partial charge is 0.380 e. The zero-order valence-corrected chi connectivity index (χ0v) is 13.1. The Kier molecular flexibility index (Phi) is 4.96. The molecule has 0 radical (unpaired) electrons. The van der Waals surface area contributed by atoms with Crippen molar-refractivity contribution < 1.29 is 8.42 Å². The molecule has 7 heteroatoms. The fraction of sp³-hybridized carbons (Fsp3) is 0.214. The second kappa shape index (κ2) is 6.72. The van der Waals surface area contributed by atoms with Crippen molar-refractivity contribution in [2.24, 2.45) is 0 Å². The van der Waals surface area contributed by atoms with Crippen LogP contribution in [-0.4, -0.2) is 15.0 Å². The van der Waals surface area contributed by atoms with Gasteiger partial charge in [0.2, 0.25) is 10.0 Å². The minimum atomic E-state index is -3.41. The molecule has 21 heavy (non-hydrogen) atoms. The summed E-state index contributed by atoms with van der Waals surface area (Å²) in [5.41, 5.74) is 1.49. The van der Waals surface area contributed by atoms with Crippen molar-refractivity contribution in [3.8, 4) is 6.07 Å². The van der Waals surface area contributed by atoms with Crippen molar-refractivity contribution >= 4 is 27.0 Å². The number of nitrogens with zero attached hydrogens (tertiary/aromatic N) is 1. The number of hydrogen-bond acceptors (Lipinski definition) is 5. The number of nitriles is 1. The lowest BCUT2D eigenvalue weighted by Crippen LogP contribution is -2.23. The monoisotopic (exact) mass is 321 g/mol. The Labute approximate surface area is 128 Å². The molecule has 0 aliphatic rings. The maximum absolute atomic E-state index is 11.8. The van der Waals surface area contributed by atoms with Crippen molar-refractivity contribution in [2.45, 2.75) is 18.4 Å². The van der Waals surface area contributed by atoms with Crippen LogP contribution < -0.4 is 10.0 Å². The average Bonchev–Trinajstić information content (AvgIpc) is 2.93. The summed E-state index contributed by atoms with van der Waals surface area (Å²) in [5.74, 6) is 0. The Hall–Kier alpha value is -1.88. The highest BCUT2D eigenvalue weighted by molar-refractivity contribution is 7.89. The SMILES string of the molecule is CCNS(=O)(=O)c1ccc(NCc2cc(C#N)cs2)cc1. The van der Waals surface area contributed by atoms with E-state index in [1.54, 1.807) is 31.2 Å². The first-order valence-electron chi connectivity index (χ1n) is 6.36. The number of anilines is 1. The Morgan fingerprint density at radius 3 is 2.57 bits per heavy atom. The van der Waals surface area contributed by atoms with Crippen molar-refractivity contribution in [1.82, 2.24) is 4.72 Å². The predicted octanol–water partition coefficient (Wildman–Crippen LogP) is 2.53. The van der Waals surface area contributed by atoms with Gasteiger partial charge in [-0.1, -0.05) is 6.92 Å². The zero-order chi connectivity index (χ0) is 15.3. The molecule has 2 rings (SSSR count). The van der Waals surface area contributed by atoms with Gasteiger partial charge in [0.1, 0.15) is 6.07 Å². The first-order valence-corrected chi connectivity index (χ1v) is 8.72. The van der Waals surface area contributed by atoms with E-state index in [-0.39, 0.29) is 4.90 Å². The van der Waals surface area contributed by atoms with Gasteiger partial charge in [-0.05, 0) is 30.3 Å². The molecule has 2 aromatic rings. The molecule has 1 aromatic carbocycles. The van der Waals surface area contributed by atoms with Crippen molar-refractivity contribution in [3.05, 3.63) is 46.2 Å². The van der Waals surface area contributed by atoms with Gasteiger partial charge >= 0.3 is 0 Å². The Morgan fingerprint density at radius 2 is 2.00 bits per heavy atom. The van der Waals surface area contributed by atoms with Gasteiger partial charge < -0.3 is 5.32 Å². The lowest BCUT2D eigenvalue weighted by atomic mass is 10.3. The van der Waals surface area contributed by atoms with E-state index >= 15 is 0 Å². The van der Waals surface area contributed by atoms with Crippen LogP contribution in [0.25, 0.3) is 0 Å². The smallest absolute Gasteiger partial charge is 0.240 e. The summed E-state index contributed by atoms with van der Waals surface area (Å²) in [5, 5.41) is 13.8. The van der Waals surface area contributed by atoms with Crippen LogP contribution in [-0.2, 0) is 16.6 Å². The molecule has 0 spiro atoms. The highest BCUT2D eigenvalue weighted by Crippen LogP contribution is 2.18. The predicted molar refractivity (Wildman–Crippen MR) is 83.7 cm³/mol. The number of hydrogen-bond donors (Lipinski definition) is 2. The average molecular weight is 321 g/mol. The van der Waals surface area contributed by atoms with Gasteiger partial charge in [-0.25, -0.2) is 13.1 Å². The van der Waals surface area contributed by atoms with Gasteiger partial charge in [0.15, 0.2) is 0 Å². The van der Waals surface area contributed by atoms with Crippen LogP contribution in [0.1, 0.15) is 17.4 Å². The molecule has 0 aliphatic carbocycles. The molecule has 0 unspecified atom stereocenters. The quantitative estimate of drug-likeness (QED) is 0.856. The summed E-state index contributed by atoms with van der Waals surface area (Å²) in [7, 11) is -3.41. The van der Waals surface area contributed by atoms with E-state index in [2.05, 4.69) is 16.1 Å². The number of thiophene rings is 1. The first-order chi connectivity index (χ1) is 10.0. The van der Waals surface area contributed by atoms with Crippen molar-refractivity contribution in [2.75, 3.05) is 11.9 Å². The third-order valence-corrected chi connectivity index (χ3v) is 5.25. The minimum Gasteiger partial charge on any atom is -0.380 e. The summed E-state index contributed by atoms with van der Waals surface area (Å²) in [6.45, 7) is 2.71. The van der Waals surface area contributed by atoms with E-state index in [4.69, 9.17) is 5.26 Å². The maximum Gasteiger partial charge on any atom is 0.240 e. The number of rotatable bonds is 6. The van der Waals surface area contributed by atoms with Gasteiger partial charge in [0, 0.05) is 29.0 Å². The molecule has 5 nitrogen and oxygen atoms in total. The normalized spacial score (nSPS) is 11.0. The lowest BCUT2D eigenvalue weighted by Gasteiger charge is -2.07. The first kappa shape index (κ1) is 15.5. The second-order valence-electron chi connectivity index (χ2n) is 4.29. The molecule has 1 aromatic heterocycles. The van der Waals surface area contributed by atoms with Crippen molar-refractivity contribution in [3.63, 3.8) is 0 Å². The zero-order valence-electron chi connectivity index (χ0n) is 11.5. The van der Waals surface area contributed by atoms with Crippen LogP contribution >= 0.6 is 11.3 Å². The molecule has 0 bridgehead atoms. The molecule has 0 fully saturated rings. The molecule has 1 heterocycles. The van der Waals surface area contributed by atoms with Gasteiger partial charge in [-0.15, -0.1) is 11.3 Å². The maximum atomic E-state index is 11.8. The van der Waals surface area contributed by atoms with E-state index in [1.165, 1.54) is 11.3 Å². The molecule has 0 amide bonds. The molecule has 0 saturated carbocycles. The van der Waals surface area contributed by atoms with Crippen molar-refractivity contribution in [1.29, 1.82) is 5.26 Å². The van der Waals surface area contributed by atoms with E-state index in [0.717, 1.165) is 10.6 Å². The Balaban J connectivity index is 2.01.